The number of hydrogen-bond acceptors (Lipinski definition) is 3. The second kappa shape index (κ2) is 5.36. The highest BCUT2D eigenvalue weighted by atomic mass is 32.1. The summed E-state index contributed by atoms with van der Waals surface area (Å²) in [5.74, 6) is 0.0287. The van der Waals surface area contributed by atoms with E-state index in [4.69, 9.17) is 4.74 Å². The van der Waals surface area contributed by atoms with Gasteiger partial charge in [0, 0.05) is 24.2 Å². The molecule has 118 valence electrons. The van der Waals surface area contributed by atoms with Crippen LogP contribution < -0.4 is 4.80 Å². The molecule has 0 unspecified atom stereocenters. The Kier molecular flexibility index (Phi) is 4.19. The predicted molar refractivity (Wildman–Crippen MR) is 85.3 cm³/mol. The van der Waals surface area contributed by atoms with Crippen LogP contribution in [0.3, 0.4) is 0 Å². The van der Waals surface area contributed by atoms with Gasteiger partial charge in [0.05, 0.1) is 12.5 Å². The van der Waals surface area contributed by atoms with Crippen molar-refractivity contribution in [2.75, 3.05) is 13.7 Å². The van der Waals surface area contributed by atoms with Gasteiger partial charge in [-0.2, -0.15) is 4.99 Å². The topological polar surface area (TPSA) is 43.6 Å². The molecule has 0 radical (unpaired) electrons. The summed E-state index contributed by atoms with van der Waals surface area (Å²) in [6, 6.07) is 0. The van der Waals surface area contributed by atoms with Gasteiger partial charge >= 0.3 is 0 Å². The van der Waals surface area contributed by atoms with E-state index in [1.807, 2.05) is 0 Å². The van der Waals surface area contributed by atoms with Gasteiger partial charge in [-0.1, -0.05) is 27.7 Å². The lowest BCUT2D eigenvalue weighted by Crippen LogP contribution is -2.21. The molecule has 5 heteroatoms. The highest BCUT2D eigenvalue weighted by molar-refractivity contribution is 7.09. The van der Waals surface area contributed by atoms with Crippen LogP contribution in [0.4, 0.5) is 0 Å². The number of hydrogen-bond donors (Lipinski definition) is 0. The van der Waals surface area contributed by atoms with E-state index in [0.717, 1.165) is 17.0 Å². The Bertz CT molecular complexity index is 609. The first kappa shape index (κ1) is 16.4. The number of carbonyl (C=O) groups excluding carboxylic acids is 1. The van der Waals surface area contributed by atoms with Crippen LogP contribution in [0, 0.1) is 30.6 Å². The first-order valence-electron chi connectivity index (χ1n) is 7.39. The molecular weight excluding hydrogens is 283 g/mol. The minimum atomic E-state index is 0.0115. The van der Waals surface area contributed by atoms with Crippen LogP contribution in [0.15, 0.2) is 4.99 Å². The molecule has 1 heterocycles. The molecule has 1 aliphatic rings. The van der Waals surface area contributed by atoms with Crippen LogP contribution in [0.25, 0.3) is 0 Å². The van der Waals surface area contributed by atoms with Gasteiger partial charge in [0.1, 0.15) is 0 Å². The predicted octanol–water partition coefficient (Wildman–Crippen LogP) is 2.92. The molecule has 1 fully saturated rings. The molecule has 0 saturated heterocycles. The van der Waals surface area contributed by atoms with Crippen molar-refractivity contribution >= 4 is 17.2 Å². The molecule has 0 spiro atoms. The molecule has 1 aromatic rings. The third kappa shape index (κ3) is 2.61. The number of ether oxygens (including phenoxy) is 1. The number of nitrogens with zero attached hydrogens (tertiary/aromatic N) is 2. The van der Waals surface area contributed by atoms with Crippen molar-refractivity contribution in [1.82, 2.24) is 4.57 Å². The second-order valence-electron chi connectivity index (χ2n) is 7.00. The molecule has 0 aliphatic heterocycles. The number of methoxy groups -OCH3 is 1. The average molecular weight is 309 g/mol. The van der Waals surface area contributed by atoms with Gasteiger partial charge in [-0.25, -0.2) is 0 Å². The summed E-state index contributed by atoms with van der Waals surface area (Å²) in [4.78, 5) is 19.0. The van der Waals surface area contributed by atoms with E-state index in [1.54, 1.807) is 18.4 Å². The summed E-state index contributed by atoms with van der Waals surface area (Å²) in [7, 11) is 1.69. The monoisotopic (exact) mass is 309 g/mol. The van der Waals surface area contributed by atoms with E-state index in [1.165, 1.54) is 4.88 Å². The Morgan fingerprint density at radius 2 is 1.86 bits per heavy atom. The number of aryl methyl sites for hydroxylation is 1. The molecule has 1 saturated carbocycles. The smallest absolute Gasteiger partial charge is 0.252 e. The summed E-state index contributed by atoms with van der Waals surface area (Å²) >= 11 is 1.59. The highest BCUT2D eigenvalue weighted by Crippen LogP contribution is 2.68. The fraction of sp³-hybridized carbons (Fsp3) is 0.750. The first-order chi connectivity index (χ1) is 9.64. The fourth-order valence-electron chi connectivity index (χ4n) is 3.10. The normalized spacial score (nSPS) is 20.8. The van der Waals surface area contributed by atoms with Crippen LogP contribution in [-0.2, 0) is 16.1 Å². The summed E-state index contributed by atoms with van der Waals surface area (Å²) in [5, 5.41) is 0. The van der Waals surface area contributed by atoms with E-state index in [9.17, 15) is 4.79 Å². The number of amides is 1. The lowest BCUT2D eigenvalue weighted by Gasteiger charge is -2.05. The minimum Gasteiger partial charge on any atom is -0.383 e. The van der Waals surface area contributed by atoms with E-state index in [-0.39, 0.29) is 22.7 Å². The molecule has 0 N–H and O–H groups in total. The molecule has 1 aliphatic carbocycles. The van der Waals surface area contributed by atoms with Crippen LogP contribution in [-0.4, -0.2) is 24.2 Å². The number of rotatable bonds is 4. The third-order valence-corrected chi connectivity index (χ3v) is 6.48. The Morgan fingerprint density at radius 3 is 2.33 bits per heavy atom. The lowest BCUT2D eigenvalue weighted by atomic mass is 10.0. The van der Waals surface area contributed by atoms with Crippen LogP contribution in [0.1, 0.15) is 38.3 Å². The van der Waals surface area contributed by atoms with E-state index in [0.29, 0.717) is 6.61 Å². The second-order valence-corrected chi connectivity index (χ2v) is 8.18. The molecule has 0 atom stereocenters. The molecule has 0 bridgehead atoms. The Labute approximate surface area is 130 Å². The average Bonchev–Trinajstić information content (AvgIpc) is 2.62. The zero-order valence-electron chi connectivity index (χ0n) is 14.1. The molecule has 0 aromatic carbocycles. The van der Waals surface area contributed by atoms with Crippen molar-refractivity contribution in [3.8, 4) is 0 Å². The van der Waals surface area contributed by atoms with Gasteiger partial charge in [0.15, 0.2) is 4.80 Å². The van der Waals surface area contributed by atoms with Crippen LogP contribution in [0.5, 0.6) is 0 Å². The summed E-state index contributed by atoms with van der Waals surface area (Å²) in [5.41, 5.74) is 1.23. The van der Waals surface area contributed by atoms with E-state index < -0.39 is 0 Å². The van der Waals surface area contributed by atoms with Crippen LogP contribution >= 0.6 is 11.3 Å². The summed E-state index contributed by atoms with van der Waals surface area (Å²) < 4.78 is 7.24. The van der Waals surface area contributed by atoms with Gasteiger partial charge in [0.25, 0.3) is 5.91 Å². The van der Waals surface area contributed by atoms with Crippen molar-refractivity contribution in [3.63, 3.8) is 0 Å². The molecule has 2 rings (SSSR count). The van der Waals surface area contributed by atoms with Crippen molar-refractivity contribution in [2.24, 2.45) is 21.7 Å². The van der Waals surface area contributed by atoms with Gasteiger partial charge in [-0.05, 0) is 24.7 Å². The zero-order valence-corrected chi connectivity index (χ0v) is 14.9. The van der Waals surface area contributed by atoms with Crippen molar-refractivity contribution in [1.29, 1.82) is 0 Å². The SMILES string of the molecule is Cc1s/c(=N\C(=O)C2C(C)(C)C2(C)C)n(CCO[11CH3])c1C. The standard InChI is InChI=1S/C16H26N2O2S/c1-10-11(2)21-14(18(10)8-9-20-7)17-13(19)12-15(3,4)16(12,5)6/h12H,8-9H2,1-7H3/b17-14-/i7-1. The fourth-order valence-corrected chi connectivity index (χ4v) is 4.11. The summed E-state index contributed by atoms with van der Waals surface area (Å²) in [6.45, 7) is 14.1. The Balaban J connectivity index is 2.34. The maximum Gasteiger partial charge on any atom is 0.252 e. The Hall–Kier alpha value is -0.940. The first-order valence-corrected chi connectivity index (χ1v) is 8.20. The number of aromatic nitrogens is 1. The van der Waals surface area contributed by atoms with Crippen molar-refractivity contribution in [2.45, 2.75) is 48.1 Å². The van der Waals surface area contributed by atoms with E-state index >= 15 is 0 Å². The maximum atomic E-state index is 12.5. The van der Waals surface area contributed by atoms with Gasteiger partial charge in [-0.3, -0.25) is 4.79 Å². The molecule has 4 nitrogen and oxygen atoms in total. The van der Waals surface area contributed by atoms with E-state index in [2.05, 4.69) is 51.1 Å². The highest BCUT2D eigenvalue weighted by Gasteiger charge is 2.68. The van der Waals surface area contributed by atoms with Crippen molar-refractivity contribution in [3.05, 3.63) is 15.4 Å². The summed E-state index contributed by atoms with van der Waals surface area (Å²) in [6.07, 6.45) is 0. The van der Waals surface area contributed by atoms with Gasteiger partial charge < -0.3 is 9.30 Å². The quantitative estimate of drug-likeness (QED) is 0.858. The minimum absolute atomic E-state index is 0.0115. The molecule has 1 aromatic heterocycles. The molecular formula is C16H26N2O2S. The lowest BCUT2D eigenvalue weighted by molar-refractivity contribution is -0.120. The van der Waals surface area contributed by atoms with Gasteiger partial charge in [-0.15, -0.1) is 11.3 Å². The Morgan fingerprint density at radius 1 is 1.29 bits per heavy atom. The third-order valence-electron chi connectivity index (χ3n) is 5.38. The number of thiazole rings is 1. The van der Waals surface area contributed by atoms with Crippen LogP contribution in [0.2, 0.25) is 0 Å². The van der Waals surface area contributed by atoms with Crippen molar-refractivity contribution < 1.29 is 9.53 Å². The zero-order chi connectivity index (χ0) is 16.0. The van der Waals surface area contributed by atoms with Gasteiger partial charge in [0.2, 0.25) is 0 Å². The maximum absolute atomic E-state index is 12.5. The number of carbonyl (C=O) groups is 1. The molecule has 21 heavy (non-hydrogen) atoms. The largest absolute Gasteiger partial charge is 0.383 e. The molecule has 1 amide bonds.